The second kappa shape index (κ2) is 8.37. The zero-order chi connectivity index (χ0) is 18.4. The predicted molar refractivity (Wildman–Crippen MR) is 84.7 cm³/mol. The molecule has 0 bridgehead atoms. The van der Waals surface area contributed by atoms with Gasteiger partial charge in [0.25, 0.3) is 0 Å². The second-order valence-electron chi connectivity index (χ2n) is 7.28. The number of hydrogen-bond acceptors (Lipinski definition) is 7. The number of carbonyl (C=O) groups is 3. The Bertz CT molecular complexity index is 409. The first-order valence-corrected chi connectivity index (χ1v) is 7.62. The highest BCUT2D eigenvalue weighted by Crippen LogP contribution is 2.08. The van der Waals surface area contributed by atoms with Crippen molar-refractivity contribution >= 4 is 18.1 Å². The van der Waals surface area contributed by atoms with Crippen LogP contribution in [0.1, 0.15) is 54.4 Å². The number of ether oxygens (including phenoxy) is 2. The van der Waals surface area contributed by atoms with Crippen molar-refractivity contribution in [2.75, 3.05) is 6.54 Å². The van der Waals surface area contributed by atoms with E-state index in [2.05, 4.69) is 0 Å². The molecule has 3 amide bonds. The van der Waals surface area contributed by atoms with Crippen LogP contribution in [0.25, 0.3) is 0 Å². The molecule has 5 N–H and O–H groups in total. The molecule has 134 valence electrons. The lowest BCUT2D eigenvalue weighted by atomic mass is 10.1. The van der Waals surface area contributed by atoms with Crippen LogP contribution in [0.2, 0.25) is 0 Å². The highest BCUT2D eigenvalue weighted by molar-refractivity contribution is 5.90. The van der Waals surface area contributed by atoms with E-state index >= 15 is 0 Å². The number of nitrogens with two attached hydrogens (primary N) is 2. The monoisotopic (exact) mass is 332 g/mol. The number of amides is 3. The molecule has 0 heterocycles. The van der Waals surface area contributed by atoms with Crippen molar-refractivity contribution in [3.63, 3.8) is 0 Å². The van der Waals surface area contributed by atoms with Crippen molar-refractivity contribution in [1.29, 1.82) is 0 Å². The molecule has 0 spiro atoms. The van der Waals surface area contributed by atoms with Gasteiger partial charge >= 0.3 is 18.1 Å². The van der Waals surface area contributed by atoms with Gasteiger partial charge in [-0.3, -0.25) is 0 Å². The van der Waals surface area contributed by atoms with Crippen LogP contribution < -0.4 is 16.4 Å². The van der Waals surface area contributed by atoms with Gasteiger partial charge in [0, 0.05) is 0 Å². The van der Waals surface area contributed by atoms with E-state index in [0.29, 0.717) is 13.0 Å². The summed E-state index contributed by atoms with van der Waals surface area (Å²) in [6, 6.07) is -1.01. The van der Waals surface area contributed by atoms with Gasteiger partial charge in [-0.2, -0.15) is 9.59 Å². The van der Waals surface area contributed by atoms with Gasteiger partial charge in [-0.25, -0.2) is 4.79 Å². The zero-order valence-corrected chi connectivity index (χ0v) is 14.9. The fourth-order valence-corrected chi connectivity index (χ4v) is 1.60. The normalized spacial score (nSPS) is 13.6. The van der Waals surface area contributed by atoms with E-state index in [0.717, 1.165) is 0 Å². The number of quaternary nitrogens is 1. The molecular formula is C15H30N3O5+. The molecule has 0 aromatic carbocycles. The summed E-state index contributed by atoms with van der Waals surface area (Å²) < 4.78 is 10.3. The summed E-state index contributed by atoms with van der Waals surface area (Å²) in [6.45, 7) is 10.2. The predicted octanol–water partition coefficient (Wildman–Crippen LogP) is 0.334. The third kappa shape index (κ3) is 8.63. The summed E-state index contributed by atoms with van der Waals surface area (Å²) in [7, 11) is 0. The van der Waals surface area contributed by atoms with Gasteiger partial charge in [-0.1, -0.05) is 4.90 Å². The number of rotatable bonds is 4. The first-order valence-electron chi connectivity index (χ1n) is 7.62. The van der Waals surface area contributed by atoms with Crippen molar-refractivity contribution in [2.24, 2.45) is 11.5 Å². The third-order valence-corrected chi connectivity index (χ3v) is 2.51. The summed E-state index contributed by atoms with van der Waals surface area (Å²) >= 11 is 0. The summed E-state index contributed by atoms with van der Waals surface area (Å²) in [5.74, 6) is -0.790. The molecular weight excluding hydrogens is 302 g/mol. The van der Waals surface area contributed by atoms with E-state index in [-0.39, 0.29) is 6.42 Å². The Morgan fingerprint density at radius 1 is 0.957 bits per heavy atom. The van der Waals surface area contributed by atoms with E-state index in [4.69, 9.17) is 20.9 Å². The van der Waals surface area contributed by atoms with Crippen molar-refractivity contribution in [3.05, 3.63) is 0 Å². The molecule has 0 rings (SSSR count). The van der Waals surface area contributed by atoms with Crippen LogP contribution in [0, 0.1) is 0 Å². The molecule has 0 aliphatic heterocycles. The van der Waals surface area contributed by atoms with Gasteiger partial charge in [-0.15, -0.1) is 0 Å². The Balaban J connectivity index is 5.32. The lowest BCUT2D eigenvalue weighted by molar-refractivity contribution is -0.667. The van der Waals surface area contributed by atoms with Crippen LogP contribution in [0.4, 0.5) is 9.59 Å². The van der Waals surface area contributed by atoms with Crippen molar-refractivity contribution in [3.8, 4) is 0 Å². The van der Waals surface area contributed by atoms with Crippen LogP contribution in [-0.2, 0) is 14.3 Å². The molecule has 0 aliphatic rings. The minimum absolute atomic E-state index is 0.268. The van der Waals surface area contributed by atoms with Gasteiger partial charge in [0.1, 0.15) is 17.2 Å². The molecule has 0 saturated carbocycles. The van der Waals surface area contributed by atoms with Crippen LogP contribution >= 0.6 is 0 Å². The average molecular weight is 332 g/mol. The van der Waals surface area contributed by atoms with E-state index < -0.39 is 40.2 Å². The Labute approximate surface area is 137 Å². The summed E-state index contributed by atoms with van der Waals surface area (Å²) in [6.07, 6.45) is -1.28. The van der Waals surface area contributed by atoms with Crippen LogP contribution in [-0.4, -0.2) is 41.9 Å². The summed E-state index contributed by atoms with van der Waals surface area (Å²) in [4.78, 5) is 36.2. The molecule has 0 aliphatic carbocycles. The number of carbonyl (C=O) groups excluding carboxylic acids is 3. The summed E-state index contributed by atoms with van der Waals surface area (Å²) in [5.41, 5.74) is 9.44. The molecule has 1 atom stereocenters. The van der Waals surface area contributed by atoms with Crippen LogP contribution in [0.5, 0.6) is 0 Å². The maximum absolute atomic E-state index is 12.4. The van der Waals surface area contributed by atoms with Gasteiger partial charge in [0.15, 0.2) is 0 Å². The Kier molecular flexibility index (Phi) is 7.82. The second-order valence-corrected chi connectivity index (χ2v) is 7.28. The van der Waals surface area contributed by atoms with Gasteiger partial charge < -0.3 is 20.9 Å². The molecule has 23 heavy (non-hydrogen) atoms. The zero-order valence-electron chi connectivity index (χ0n) is 14.9. The smallest absolute Gasteiger partial charge is 0.414 e. The van der Waals surface area contributed by atoms with Crippen LogP contribution in [0.3, 0.4) is 0 Å². The van der Waals surface area contributed by atoms with E-state index in [1.54, 1.807) is 41.5 Å². The largest absolute Gasteiger partial charge is 0.533 e. The van der Waals surface area contributed by atoms with E-state index in [1.165, 1.54) is 0 Å². The van der Waals surface area contributed by atoms with Crippen molar-refractivity contribution in [1.82, 2.24) is 0 Å². The molecule has 0 unspecified atom stereocenters. The quantitative estimate of drug-likeness (QED) is 0.677. The molecule has 0 saturated heterocycles. The molecule has 0 fully saturated rings. The minimum Gasteiger partial charge on any atom is -0.414 e. The molecule has 0 aromatic heterocycles. The van der Waals surface area contributed by atoms with Gasteiger partial charge in [-0.05, 0) is 60.9 Å². The first kappa shape index (κ1) is 21.5. The van der Waals surface area contributed by atoms with E-state index in [1.807, 2.05) is 0 Å². The first-order chi connectivity index (χ1) is 10.3. The highest BCUT2D eigenvalue weighted by atomic mass is 16.6. The Morgan fingerprint density at radius 3 is 1.65 bits per heavy atom. The van der Waals surface area contributed by atoms with Gasteiger partial charge in [0.2, 0.25) is 0 Å². The highest BCUT2D eigenvalue weighted by Gasteiger charge is 2.45. The van der Waals surface area contributed by atoms with Crippen LogP contribution in [0.15, 0.2) is 0 Å². The molecule has 0 radical (unpaired) electrons. The number of hydrogen-bond donors (Lipinski definition) is 3. The number of alkyl carbamates (subject to hydrolysis) is 4. The molecule has 0 aromatic rings. The van der Waals surface area contributed by atoms with Gasteiger partial charge in [0.05, 0.1) is 0 Å². The standard InChI is InChI=1S/C15H29N3O5/c1-14(2,3)22-12(20)18(13(21)23-15(4,5)6)11(19)10(17)8-7-9-16/h10H,7-9,16-17H2,1-6H3/p+1/t10-/m0/s1. The Morgan fingerprint density at radius 2 is 1.35 bits per heavy atom. The topological polar surface area (TPSA) is 126 Å². The van der Waals surface area contributed by atoms with Crippen molar-refractivity contribution in [2.45, 2.75) is 71.6 Å². The average Bonchev–Trinajstić information content (AvgIpc) is 2.31. The molecule has 8 heteroatoms. The maximum atomic E-state index is 12.4. The fraction of sp³-hybridized carbons (Fsp3) is 0.800. The SMILES string of the molecule is CC(C)(C)OC(=O)[NH+](C(=O)OC(C)(C)C)C(=O)[C@@H](N)CCCN. The lowest BCUT2D eigenvalue weighted by Gasteiger charge is -2.24. The molecule has 8 nitrogen and oxygen atoms in total. The lowest BCUT2D eigenvalue weighted by Crippen LogP contribution is -3.21. The minimum atomic E-state index is -1.03. The van der Waals surface area contributed by atoms with E-state index in [9.17, 15) is 14.4 Å². The number of nitrogens with one attached hydrogen (secondary N) is 1. The van der Waals surface area contributed by atoms with Crippen molar-refractivity contribution < 1.29 is 28.8 Å². The maximum Gasteiger partial charge on any atom is 0.533 e. The summed E-state index contributed by atoms with van der Waals surface area (Å²) in [5, 5.41) is 0. The Hall–Kier alpha value is -1.51. The number of imide groups is 3. The fourth-order valence-electron chi connectivity index (χ4n) is 1.60. The third-order valence-electron chi connectivity index (χ3n) is 2.51.